The number of ether oxygens (including phenoxy) is 1. The molecule has 7 heteroatoms. The summed E-state index contributed by atoms with van der Waals surface area (Å²) in [4.78, 5) is 40.3. The Morgan fingerprint density at radius 3 is 2.50 bits per heavy atom. The molecule has 150 valence electrons. The molecule has 2 N–H and O–H groups in total. The number of benzene rings is 1. The van der Waals surface area contributed by atoms with Gasteiger partial charge in [0, 0.05) is 23.4 Å². The highest BCUT2D eigenvalue weighted by Gasteiger charge is 2.30. The first-order valence-corrected chi connectivity index (χ1v) is 9.39. The molecule has 1 heterocycles. The quantitative estimate of drug-likeness (QED) is 0.296. The Kier molecular flexibility index (Phi) is 7.49. The van der Waals surface area contributed by atoms with Gasteiger partial charge in [-0.2, -0.15) is 0 Å². The van der Waals surface area contributed by atoms with Crippen LogP contribution in [0.25, 0.3) is 11.1 Å². The number of hydrogen-bond donors (Lipinski definition) is 2. The van der Waals surface area contributed by atoms with Crippen LogP contribution < -0.4 is 5.32 Å². The molecule has 2 aromatic rings. The van der Waals surface area contributed by atoms with Gasteiger partial charge in [-0.3, -0.25) is 9.59 Å². The number of aryl methyl sites for hydroxylation is 1. The van der Waals surface area contributed by atoms with Crippen molar-refractivity contribution in [3.8, 4) is 11.1 Å². The fourth-order valence-electron chi connectivity index (χ4n) is 2.96. The van der Waals surface area contributed by atoms with Crippen molar-refractivity contribution < 1.29 is 23.5 Å². The zero-order chi connectivity index (χ0) is 20.7. The van der Waals surface area contributed by atoms with Crippen molar-refractivity contribution in [3.05, 3.63) is 47.0 Å². The summed E-state index contributed by atoms with van der Waals surface area (Å²) in [5.41, 5.74) is 0.353. The van der Waals surface area contributed by atoms with Gasteiger partial charge in [0.05, 0.1) is 12.2 Å². The monoisotopic (exact) mass is 388 g/mol. The number of unbranched alkanes of at least 4 members (excludes halogenated alkanes) is 2. The molecule has 1 amide bonds. The lowest BCUT2D eigenvalue weighted by atomic mass is 9.97. The number of carbonyl (C=O) groups excluding carboxylic acids is 3. The Hall–Kier alpha value is -2.96. The van der Waals surface area contributed by atoms with Crippen LogP contribution in [0.2, 0.25) is 0 Å². The van der Waals surface area contributed by atoms with Gasteiger partial charge in [0.25, 0.3) is 11.7 Å². The largest absolute Gasteiger partial charge is 0.462 e. The molecule has 0 radical (unpaired) electrons. The highest BCUT2D eigenvalue weighted by molar-refractivity contribution is 6.43. The topological polar surface area (TPSA) is 88.3 Å². The number of carbonyl (C=O) groups is 3. The average molecular weight is 388 g/mol. The minimum absolute atomic E-state index is 0.0442. The van der Waals surface area contributed by atoms with E-state index in [2.05, 4.69) is 10.3 Å². The van der Waals surface area contributed by atoms with E-state index in [-0.39, 0.29) is 29.0 Å². The lowest BCUT2D eigenvalue weighted by Crippen LogP contribution is -2.32. The molecule has 6 nitrogen and oxygen atoms in total. The van der Waals surface area contributed by atoms with Crippen LogP contribution in [0, 0.1) is 12.7 Å². The summed E-state index contributed by atoms with van der Waals surface area (Å²) in [6, 6.07) is 5.78. The van der Waals surface area contributed by atoms with Gasteiger partial charge in [-0.25, -0.2) is 9.18 Å². The molecular weight excluding hydrogens is 363 g/mol. The molecule has 0 aliphatic rings. The van der Waals surface area contributed by atoms with Crippen molar-refractivity contribution in [1.82, 2.24) is 10.3 Å². The fraction of sp³-hybridized carbons (Fsp3) is 0.381. The molecule has 0 aliphatic heterocycles. The van der Waals surface area contributed by atoms with Gasteiger partial charge in [-0.15, -0.1) is 0 Å². The van der Waals surface area contributed by atoms with Crippen LogP contribution in [0.5, 0.6) is 0 Å². The molecule has 1 aromatic carbocycles. The summed E-state index contributed by atoms with van der Waals surface area (Å²) >= 11 is 0. The third-order valence-electron chi connectivity index (χ3n) is 4.31. The third-order valence-corrected chi connectivity index (χ3v) is 4.31. The standard InChI is InChI=1S/C21H25FN2O4/c1-4-6-9-12-23-20(26)19(25)18-17(14-10-7-8-11-15(14)22)16(13(3)24-18)21(27)28-5-2/h7-8,10-11,24H,4-6,9,12H2,1-3H3,(H,23,26). The van der Waals surface area contributed by atoms with Crippen molar-refractivity contribution in [2.45, 2.75) is 40.0 Å². The first-order valence-electron chi connectivity index (χ1n) is 9.39. The minimum Gasteiger partial charge on any atom is -0.462 e. The molecule has 2 rings (SSSR count). The van der Waals surface area contributed by atoms with E-state index in [1.54, 1.807) is 19.9 Å². The smallest absolute Gasteiger partial charge is 0.340 e. The van der Waals surface area contributed by atoms with Crippen molar-refractivity contribution in [2.75, 3.05) is 13.2 Å². The van der Waals surface area contributed by atoms with E-state index >= 15 is 0 Å². The van der Waals surface area contributed by atoms with E-state index in [4.69, 9.17) is 4.74 Å². The Morgan fingerprint density at radius 1 is 1.14 bits per heavy atom. The van der Waals surface area contributed by atoms with Crippen LogP contribution in [-0.2, 0) is 9.53 Å². The minimum atomic E-state index is -0.853. The van der Waals surface area contributed by atoms with E-state index in [1.165, 1.54) is 18.2 Å². The van der Waals surface area contributed by atoms with Crippen molar-refractivity contribution in [2.24, 2.45) is 0 Å². The molecule has 1 aromatic heterocycles. The fourth-order valence-corrected chi connectivity index (χ4v) is 2.96. The van der Waals surface area contributed by atoms with Gasteiger partial charge in [-0.1, -0.05) is 38.0 Å². The second kappa shape index (κ2) is 9.82. The predicted octanol–water partition coefficient (Wildman–Crippen LogP) is 3.80. The molecule has 0 fully saturated rings. The van der Waals surface area contributed by atoms with E-state index in [0.29, 0.717) is 12.2 Å². The number of H-pyrrole nitrogens is 1. The van der Waals surface area contributed by atoms with Crippen LogP contribution in [0.4, 0.5) is 4.39 Å². The molecule has 0 aliphatic carbocycles. The van der Waals surface area contributed by atoms with Crippen LogP contribution in [0.3, 0.4) is 0 Å². The van der Waals surface area contributed by atoms with Crippen molar-refractivity contribution in [1.29, 1.82) is 0 Å². The molecule has 0 unspecified atom stereocenters. The van der Waals surface area contributed by atoms with Gasteiger partial charge in [0.1, 0.15) is 11.5 Å². The van der Waals surface area contributed by atoms with E-state index in [0.717, 1.165) is 19.3 Å². The second-order valence-electron chi connectivity index (χ2n) is 6.37. The Labute approximate surface area is 163 Å². The summed E-state index contributed by atoms with van der Waals surface area (Å²) in [6.07, 6.45) is 2.68. The number of amides is 1. The van der Waals surface area contributed by atoms with Gasteiger partial charge in [-0.05, 0) is 26.3 Å². The Bertz CT molecular complexity index is 873. The molecule has 0 spiro atoms. The summed E-state index contributed by atoms with van der Waals surface area (Å²) in [5, 5.41) is 2.57. The highest BCUT2D eigenvalue weighted by Crippen LogP contribution is 2.33. The Balaban J connectivity index is 2.48. The Morgan fingerprint density at radius 2 is 1.86 bits per heavy atom. The number of ketones is 1. The van der Waals surface area contributed by atoms with Crippen LogP contribution in [-0.4, -0.2) is 35.8 Å². The van der Waals surface area contributed by atoms with Gasteiger partial charge >= 0.3 is 5.97 Å². The molecule has 0 saturated heterocycles. The maximum atomic E-state index is 14.5. The maximum absolute atomic E-state index is 14.5. The summed E-state index contributed by atoms with van der Waals surface area (Å²) in [7, 11) is 0. The highest BCUT2D eigenvalue weighted by atomic mass is 19.1. The summed E-state index contributed by atoms with van der Waals surface area (Å²) < 4.78 is 19.5. The van der Waals surface area contributed by atoms with Crippen LogP contribution in [0.15, 0.2) is 24.3 Å². The summed E-state index contributed by atoms with van der Waals surface area (Å²) in [5.74, 6) is -2.94. The number of rotatable bonds is 9. The van der Waals surface area contributed by atoms with Crippen molar-refractivity contribution in [3.63, 3.8) is 0 Å². The lowest BCUT2D eigenvalue weighted by molar-refractivity contribution is -0.117. The number of halogens is 1. The SMILES string of the molecule is CCCCCNC(=O)C(=O)c1[nH]c(C)c(C(=O)OCC)c1-c1ccccc1F. The molecule has 0 saturated carbocycles. The summed E-state index contributed by atoms with van der Waals surface area (Å²) in [6.45, 7) is 5.76. The number of Topliss-reactive ketones (excluding diaryl/α,β-unsaturated/α-hetero) is 1. The first kappa shape index (κ1) is 21.3. The third kappa shape index (κ3) is 4.65. The normalized spacial score (nSPS) is 10.6. The number of nitrogens with one attached hydrogen (secondary N) is 2. The van der Waals surface area contributed by atoms with Gasteiger partial charge in [0.2, 0.25) is 0 Å². The first-order chi connectivity index (χ1) is 13.4. The number of esters is 1. The molecular formula is C21H25FN2O4. The number of aromatic amines is 1. The average Bonchev–Trinajstić information content (AvgIpc) is 3.02. The van der Waals surface area contributed by atoms with Gasteiger partial charge < -0.3 is 15.0 Å². The van der Waals surface area contributed by atoms with E-state index in [1.807, 2.05) is 6.92 Å². The maximum Gasteiger partial charge on any atom is 0.340 e. The lowest BCUT2D eigenvalue weighted by Gasteiger charge is -2.09. The number of aromatic nitrogens is 1. The zero-order valence-electron chi connectivity index (χ0n) is 16.4. The van der Waals surface area contributed by atoms with E-state index in [9.17, 15) is 18.8 Å². The second-order valence-corrected chi connectivity index (χ2v) is 6.37. The number of hydrogen-bond acceptors (Lipinski definition) is 4. The molecule has 0 bridgehead atoms. The zero-order valence-corrected chi connectivity index (χ0v) is 16.4. The van der Waals surface area contributed by atoms with Crippen LogP contribution in [0.1, 0.15) is 59.7 Å². The molecule has 28 heavy (non-hydrogen) atoms. The molecule has 0 atom stereocenters. The van der Waals surface area contributed by atoms with Gasteiger partial charge in [0.15, 0.2) is 0 Å². The van der Waals surface area contributed by atoms with E-state index < -0.39 is 23.5 Å². The van der Waals surface area contributed by atoms with Crippen molar-refractivity contribution >= 4 is 17.7 Å². The predicted molar refractivity (Wildman–Crippen MR) is 104 cm³/mol. The van der Waals surface area contributed by atoms with Crippen LogP contribution >= 0.6 is 0 Å².